The number of esters is 1. The predicted molar refractivity (Wildman–Crippen MR) is 136 cm³/mol. The summed E-state index contributed by atoms with van der Waals surface area (Å²) in [6.07, 6.45) is 1.46. The Balaban J connectivity index is 1.92. The summed E-state index contributed by atoms with van der Waals surface area (Å²) in [6.45, 7) is 5.32. The normalized spacial score (nSPS) is 15.6. The highest BCUT2D eigenvalue weighted by Crippen LogP contribution is 2.32. The van der Waals surface area contributed by atoms with Gasteiger partial charge in [0.05, 0.1) is 42.2 Å². The van der Waals surface area contributed by atoms with E-state index in [0.29, 0.717) is 37.1 Å². The number of aromatic nitrogens is 1. The van der Waals surface area contributed by atoms with Gasteiger partial charge >= 0.3 is 5.97 Å². The Morgan fingerprint density at radius 3 is 2.43 bits per heavy atom. The van der Waals surface area contributed by atoms with E-state index in [1.165, 1.54) is 11.3 Å². The Morgan fingerprint density at radius 2 is 1.80 bits per heavy atom. The van der Waals surface area contributed by atoms with Crippen LogP contribution in [0.25, 0.3) is 6.08 Å². The Bertz CT molecular complexity index is 1490. The number of benzene rings is 2. The number of hydrogen-bond donors (Lipinski definition) is 0. The van der Waals surface area contributed by atoms with Gasteiger partial charge in [0.2, 0.25) is 0 Å². The zero-order valence-corrected chi connectivity index (χ0v) is 21.6. The van der Waals surface area contributed by atoms with Crippen LogP contribution in [0.3, 0.4) is 0 Å². The van der Waals surface area contributed by atoms with E-state index < -0.39 is 12.0 Å². The molecule has 0 spiro atoms. The molecule has 0 saturated carbocycles. The number of thiazole rings is 1. The van der Waals surface area contributed by atoms with E-state index in [-0.39, 0.29) is 11.7 Å². The molecule has 1 aliphatic rings. The molecule has 35 heavy (non-hydrogen) atoms. The molecule has 7 nitrogen and oxygen atoms in total. The van der Waals surface area contributed by atoms with Gasteiger partial charge in [-0.15, -0.1) is 0 Å². The van der Waals surface area contributed by atoms with Crippen molar-refractivity contribution in [3.05, 3.63) is 89.6 Å². The molecule has 0 bridgehead atoms. The molecule has 0 aliphatic carbocycles. The van der Waals surface area contributed by atoms with Gasteiger partial charge in [0.25, 0.3) is 5.56 Å². The van der Waals surface area contributed by atoms with Gasteiger partial charge < -0.3 is 14.2 Å². The Labute approximate surface area is 211 Å². The number of nitrogens with zero attached hydrogens (tertiary/aromatic N) is 2. The molecule has 1 aliphatic heterocycles. The highest BCUT2D eigenvalue weighted by Gasteiger charge is 2.33. The van der Waals surface area contributed by atoms with Crippen LogP contribution < -0.4 is 24.4 Å². The van der Waals surface area contributed by atoms with E-state index in [1.54, 1.807) is 82.0 Å². The van der Waals surface area contributed by atoms with Crippen LogP contribution in [0.15, 0.2) is 63.5 Å². The molecule has 9 heteroatoms. The van der Waals surface area contributed by atoms with Gasteiger partial charge in [-0.25, -0.2) is 9.79 Å². The second kappa shape index (κ2) is 10.1. The molecular formula is C26H25ClN2O5S. The lowest BCUT2D eigenvalue weighted by Gasteiger charge is -2.25. The Hall–Kier alpha value is -3.36. The van der Waals surface area contributed by atoms with Gasteiger partial charge in [0.15, 0.2) is 16.3 Å². The summed E-state index contributed by atoms with van der Waals surface area (Å²) in [5.41, 5.74) is 2.08. The fourth-order valence-electron chi connectivity index (χ4n) is 3.91. The maximum atomic E-state index is 13.7. The van der Waals surface area contributed by atoms with Crippen LogP contribution in [0, 0.1) is 0 Å². The molecule has 2 heterocycles. The maximum Gasteiger partial charge on any atom is 0.338 e. The van der Waals surface area contributed by atoms with Crippen molar-refractivity contribution in [2.45, 2.75) is 32.9 Å². The molecular weight excluding hydrogens is 488 g/mol. The molecule has 2 aromatic carbocycles. The lowest BCUT2D eigenvalue weighted by atomic mass is 9.96. The Morgan fingerprint density at radius 1 is 1.11 bits per heavy atom. The highest BCUT2D eigenvalue weighted by molar-refractivity contribution is 7.07. The molecule has 3 aromatic rings. The number of fused-ring (bicyclic) bond motifs is 1. The van der Waals surface area contributed by atoms with Crippen LogP contribution in [0.5, 0.6) is 11.5 Å². The fourth-order valence-corrected chi connectivity index (χ4v) is 5.09. The first kappa shape index (κ1) is 24.8. The SMILES string of the molecule is COc1ccc(C=c2sc3n(c2=O)C(c2ccc(Cl)cc2)C(C(=O)OC(C)C)=C(C)N=3)cc1OC. The summed E-state index contributed by atoms with van der Waals surface area (Å²) in [6, 6.07) is 11.8. The van der Waals surface area contributed by atoms with E-state index in [1.807, 2.05) is 6.07 Å². The van der Waals surface area contributed by atoms with Crippen molar-refractivity contribution in [2.24, 2.45) is 4.99 Å². The van der Waals surface area contributed by atoms with Crippen LogP contribution in [-0.2, 0) is 9.53 Å². The monoisotopic (exact) mass is 512 g/mol. The third kappa shape index (κ3) is 4.90. The van der Waals surface area contributed by atoms with Crippen LogP contribution in [-0.4, -0.2) is 30.9 Å². The number of carbonyl (C=O) groups is 1. The lowest BCUT2D eigenvalue weighted by molar-refractivity contribution is -0.143. The van der Waals surface area contributed by atoms with Crippen molar-refractivity contribution in [3.63, 3.8) is 0 Å². The van der Waals surface area contributed by atoms with E-state index in [4.69, 9.17) is 25.8 Å². The van der Waals surface area contributed by atoms with Crippen molar-refractivity contribution in [2.75, 3.05) is 14.2 Å². The van der Waals surface area contributed by atoms with Gasteiger partial charge in [0.1, 0.15) is 0 Å². The summed E-state index contributed by atoms with van der Waals surface area (Å²) in [5.74, 6) is 0.649. The van der Waals surface area contributed by atoms with Crippen LogP contribution in [0.1, 0.15) is 37.9 Å². The van der Waals surface area contributed by atoms with Crippen molar-refractivity contribution >= 4 is 35.0 Å². The third-order valence-corrected chi connectivity index (χ3v) is 6.71. The predicted octanol–water partition coefficient (Wildman–Crippen LogP) is 3.86. The number of allylic oxidation sites excluding steroid dienone is 1. The maximum absolute atomic E-state index is 13.7. The van der Waals surface area contributed by atoms with Gasteiger partial charge in [-0.05, 0) is 62.2 Å². The summed E-state index contributed by atoms with van der Waals surface area (Å²) in [4.78, 5) is 31.9. The number of ether oxygens (including phenoxy) is 3. The first-order chi connectivity index (χ1) is 16.7. The second-order valence-corrected chi connectivity index (χ2v) is 9.65. The van der Waals surface area contributed by atoms with Crippen LogP contribution in [0.2, 0.25) is 5.02 Å². The minimum Gasteiger partial charge on any atom is -0.493 e. The van der Waals surface area contributed by atoms with E-state index >= 15 is 0 Å². The van der Waals surface area contributed by atoms with E-state index in [9.17, 15) is 9.59 Å². The number of halogens is 1. The van der Waals surface area contributed by atoms with E-state index in [2.05, 4.69) is 4.99 Å². The highest BCUT2D eigenvalue weighted by atomic mass is 35.5. The first-order valence-electron chi connectivity index (χ1n) is 10.9. The summed E-state index contributed by atoms with van der Waals surface area (Å²) < 4.78 is 18.2. The van der Waals surface area contributed by atoms with Gasteiger partial charge in [0, 0.05) is 5.02 Å². The molecule has 1 aromatic heterocycles. The zero-order valence-electron chi connectivity index (χ0n) is 20.0. The molecule has 0 saturated heterocycles. The van der Waals surface area contributed by atoms with Gasteiger partial charge in [-0.1, -0.05) is 41.1 Å². The molecule has 1 unspecified atom stereocenters. The van der Waals surface area contributed by atoms with Gasteiger partial charge in [-0.2, -0.15) is 0 Å². The summed E-state index contributed by atoms with van der Waals surface area (Å²) in [7, 11) is 3.12. The molecule has 0 fully saturated rings. The minimum absolute atomic E-state index is 0.258. The smallest absolute Gasteiger partial charge is 0.338 e. The van der Waals surface area contributed by atoms with Crippen molar-refractivity contribution in [1.29, 1.82) is 0 Å². The number of methoxy groups -OCH3 is 2. The average Bonchev–Trinajstić information content (AvgIpc) is 3.12. The van der Waals surface area contributed by atoms with Crippen molar-refractivity contribution < 1.29 is 19.0 Å². The standard InChI is InChI=1S/C26H25ClN2O5S/c1-14(2)34-25(31)22-15(3)28-26-29(23(22)17-7-9-18(27)10-8-17)24(30)21(35-26)13-16-6-11-19(32-4)20(12-16)33-5/h6-14,23H,1-5H3. The van der Waals surface area contributed by atoms with Crippen LogP contribution >= 0.6 is 22.9 Å². The summed E-state index contributed by atoms with van der Waals surface area (Å²) in [5, 5.41) is 0.557. The van der Waals surface area contributed by atoms with Crippen molar-refractivity contribution in [1.82, 2.24) is 4.57 Å². The first-order valence-corrected chi connectivity index (χ1v) is 12.1. The van der Waals surface area contributed by atoms with Crippen molar-refractivity contribution in [3.8, 4) is 11.5 Å². The topological polar surface area (TPSA) is 79.1 Å². The average molecular weight is 513 g/mol. The molecule has 182 valence electrons. The number of hydrogen-bond acceptors (Lipinski definition) is 7. The summed E-state index contributed by atoms with van der Waals surface area (Å²) >= 11 is 7.36. The zero-order chi connectivity index (χ0) is 25.3. The minimum atomic E-state index is -0.692. The lowest BCUT2D eigenvalue weighted by Crippen LogP contribution is -2.40. The van der Waals surface area contributed by atoms with Crippen LogP contribution in [0.4, 0.5) is 0 Å². The molecule has 0 radical (unpaired) electrons. The largest absolute Gasteiger partial charge is 0.493 e. The number of carbonyl (C=O) groups excluding carboxylic acids is 1. The third-order valence-electron chi connectivity index (χ3n) is 5.48. The quantitative estimate of drug-likeness (QED) is 0.469. The van der Waals surface area contributed by atoms with E-state index in [0.717, 1.165) is 11.1 Å². The fraction of sp³-hybridized carbons (Fsp3) is 0.269. The number of rotatable bonds is 6. The van der Waals surface area contributed by atoms with Gasteiger partial charge in [-0.3, -0.25) is 9.36 Å². The Kier molecular flexibility index (Phi) is 7.14. The molecule has 0 N–H and O–H groups in total. The molecule has 1 atom stereocenters. The second-order valence-electron chi connectivity index (χ2n) is 8.20. The molecule has 0 amide bonds. The molecule has 4 rings (SSSR count).